The van der Waals surface area contributed by atoms with Crippen LogP contribution in [0.2, 0.25) is 0 Å². The molecule has 1 amide bonds. The lowest BCUT2D eigenvalue weighted by Gasteiger charge is -2.10. The molecule has 0 aliphatic rings. The lowest BCUT2D eigenvalue weighted by atomic mass is 10.0. The Bertz CT molecular complexity index is 671. The summed E-state index contributed by atoms with van der Waals surface area (Å²) in [7, 11) is 0. The molecular weight excluding hydrogens is 240 g/mol. The molecule has 4 nitrogen and oxygen atoms in total. The molecule has 100 valence electrons. The second-order valence-corrected chi connectivity index (χ2v) is 5.10. The third-order valence-electron chi connectivity index (χ3n) is 3.08. The van der Waals surface area contributed by atoms with Crippen molar-refractivity contribution in [2.45, 2.75) is 20.8 Å². The minimum atomic E-state index is -0.336. The van der Waals surface area contributed by atoms with Crippen molar-refractivity contribution in [2.75, 3.05) is 6.54 Å². The molecule has 19 heavy (non-hydrogen) atoms. The van der Waals surface area contributed by atoms with Crippen LogP contribution in [0.5, 0.6) is 0 Å². The van der Waals surface area contributed by atoms with Gasteiger partial charge < -0.3 is 10.3 Å². The van der Waals surface area contributed by atoms with E-state index in [-0.39, 0.29) is 17.0 Å². The summed E-state index contributed by atoms with van der Waals surface area (Å²) in [5, 5.41) is 3.69. The van der Waals surface area contributed by atoms with Crippen LogP contribution in [0.25, 0.3) is 10.9 Å². The summed E-state index contributed by atoms with van der Waals surface area (Å²) in [6, 6.07) is 7.49. The van der Waals surface area contributed by atoms with Crippen molar-refractivity contribution in [1.82, 2.24) is 10.3 Å². The number of carbonyl (C=O) groups is 1. The molecule has 0 spiro atoms. The Morgan fingerprint density at radius 3 is 2.68 bits per heavy atom. The average Bonchev–Trinajstić information content (AvgIpc) is 2.36. The highest BCUT2D eigenvalue weighted by Gasteiger charge is 2.16. The molecule has 0 unspecified atom stereocenters. The molecule has 0 atom stereocenters. The number of fused-ring (bicyclic) bond motifs is 1. The van der Waals surface area contributed by atoms with E-state index in [0.29, 0.717) is 12.5 Å². The van der Waals surface area contributed by atoms with E-state index in [1.807, 2.05) is 45.0 Å². The van der Waals surface area contributed by atoms with Crippen LogP contribution in [0.3, 0.4) is 0 Å². The lowest BCUT2D eigenvalue weighted by Crippen LogP contribution is -2.33. The van der Waals surface area contributed by atoms with Crippen LogP contribution in [0, 0.1) is 12.8 Å². The maximum absolute atomic E-state index is 12.1. The van der Waals surface area contributed by atoms with E-state index in [0.717, 1.165) is 16.5 Å². The Hall–Kier alpha value is -2.10. The molecule has 0 radical (unpaired) electrons. The normalized spacial score (nSPS) is 10.9. The van der Waals surface area contributed by atoms with Crippen LogP contribution in [0.15, 0.2) is 29.1 Å². The third-order valence-corrected chi connectivity index (χ3v) is 3.08. The molecule has 0 saturated carbocycles. The number of para-hydroxylation sites is 1. The summed E-state index contributed by atoms with van der Waals surface area (Å²) in [6.07, 6.45) is 0. The van der Waals surface area contributed by atoms with Crippen molar-refractivity contribution in [3.05, 3.63) is 45.7 Å². The van der Waals surface area contributed by atoms with E-state index in [4.69, 9.17) is 0 Å². The van der Waals surface area contributed by atoms with Crippen molar-refractivity contribution in [3.8, 4) is 0 Å². The van der Waals surface area contributed by atoms with E-state index < -0.39 is 0 Å². The second kappa shape index (κ2) is 5.26. The van der Waals surface area contributed by atoms with Gasteiger partial charge in [-0.15, -0.1) is 0 Å². The van der Waals surface area contributed by atoms with Gasteiger partial charge in [0.05, 0.1) is 0 Å². The first-order valence-corrected chi connectivity index (χ1v) is 6.40. The van der Waals surface area contributed by atoms with Gasteiger partial charge in [-0.3, -0.25) is 9.59 Å². The predicted octanol–water partition coefficient (Wildman–Crippen LogP) is 2.22. The molecule has 1 aromatic heterocycles. The van der Waals surface area contributed by atoms with Crippen LogP contribution in [0.4, 0.5) is 0 Å². The van der Waals surface area contributed by atoms with Crippen LogP contribution in [0.1, 0.15) is 29.8 Å². The smallest absolute Gasteiger partial charge is 0.261 e. The molecule has 1 heterocycles. The van der Waals surface area contributed by atoms with Gasteiger partial charge in [0.2, 0.25) is 0 Å². The predicted molar refractivity (Wildman–Crippen MR) is 76.5 cm³/mol. The molecule has 0 bridgehead atoms. The number of pyridine rings is 1. The van der Waals surface area contributed by atoms with Crippen molar-refractivity contribution in [3.63, 3.8) is 0 Å². The minimum Gasteiger partial charge on any atom is -0.352 e. The number of nitrogens with one attached hydrogen (secondary N) is 2. The summed E-state index contributed by atoms with van der Waals surface area (Å²) in [6.45, 7) is 6.39. The fraction of sp³-hybridized carbons (Fsp3) is 0.333. The van der Waals surface area contributed by atoms with Gasteiger partial charge in [0, 0.05) is 17.4 Å². The number of H-pyrrole nitrogens is 1. The highest BCUT2D eigenvalue weighted by atomic mass is 16.2. The number of hydrogen-bond acceptors (Lipinski definition) is 2. The average molecular weight is 258 g/mol. The zero-order valence-corrected chi connectivity index (χ0v) is 11.4. The van der Waals surface area contributed by atoms with Gasteiger partial charge in [-0.1, -0.05) is 32.0 Å². The Morgan fingerprint density at radius 1 is 1.32 bits per heavy atom. The van der Waals surface area contributed by atoms with E-state index in [2.05, 4.69) is 10.3 Å². The van der Waals surface area contributed by atoms with Crippen molar-refractivity contribution in [2.24, 2.45) is 5.92 Å². The topological polar surface area (TPSA) is 62.0 Å². The van der Waals surface area contributed by atoms with Gasteiger partial charge in [0.15, 0.2) is 0 Å². The van der Waals surface area contributed by atoms with Gasteiger partial charge >= 0.3 is 0 Å². The highest BCUT2D eigenvalue weighted by Crippen LogP contribution is 2.16. The SMILES string of the molecule is Cc1c(C(=O)NCC(C)C)c(=O)[nH]c2ccccc12. The van der Waals surface area contributed by atoms with Gasteiger partial charge in [-0.05, 0) is 24.5 Å². The van der Waals surface area contributed by atoms with Crippen LogP contribution >= 0.6 is 0 Å². The maximum atomic E-state index is 12.1. The molecular formula is C15H18N2O2. The number of amides is 1. The Balaban J connectivity index is 2.49. The number of benzene rings is 1. The molecule has 4 heteroatoms. The molecule has 2 aromatic rings. The van der Waals surface area contributed by atoms with Gasteiger partial charge in [-0.2, -0.15) is 0 Å². The van der Waals surface area contributed by atoms with Crippen molar-refractivity contribution >= 4 is 16.8 Å². The maximum Gasteiger partial charge on any atom is 0.261 e. The Kier molecular flexibility index (Phi) is 3.69. The number of carbonyl (C=O) groups excluding carboxylic acids is 1. The summed E-state index contributed by atoms with van der Waals surface area (Å²) in [4.78, 5) is 26.9. The van der Waals surface area contributed by atoms with Crippen LogP contribution in [-0.2, 0) is 0 Å². The molecule has 2 N–H and O–H groups in total. The van der Waals surface area contributed by atoms with Crippen molar-refractivity contribution in [1.29, 1.82) is 0 Å². The molecule has 0 aliphatic heterocycles. The first kappa shape index (κ1) is 13.3. The number of aromatic amines is 1. The fourth-order valence-electron chi connectivity index (χ4n) is 2.07. The monoisotopic (exact) mass is 258 g/mol. The summed E-state index contributed by atoms with van der Waals surface area (Å²) in [5.41, 5.74) is 1.35. The number of aryl methyl sites for hydroxylation is 1. The highest BCUT2D eigenvalue weighted by molar-refractivity contribution is 5.99. The first-order chi connectivity index (χ1) is 9.00. The number of hydrogen-bond donors (Lipinski definition) is 2. The largest absolute Gasteiger partial charge is 0.352 e. The number of rotatable bonds is 3. The molecule has 0 aliphatic carbocycles. The quantitative estimate of drug-likeness (QED) is 0.886. The first-order valence-electron chi connectivity index (χ1n) is 6.40. The molecule has 0 saturated heterocycles. The molecule has 0 fully saturated rings. The lowest BCUT2D eigenvalue weighted by molar-refractivity contribution is 0.0947. The van der Waals surface area contributed by atoms with E-state index in [9.17, 15) is 9.59 Å². The van der Waals surface area contributed by atoms with Crippen molar-refractivity contribution < 1.29 is 4.79 Å². The third kappa shape index (κ3) is 2.67. The van der Waals surface area contributed by atoms with Crippen LogP contribution < -0.4 is 10.9 Å². The fourth-order valence-corrected chi connectivity index (χ4v) is 2.07. The zero-order chi connectivity index (χ0) is 14.0. The van der Waals surface area contributed by atoms with E-state index in [1.54, 1.807) is 0 Å². The molecule has 1 aromatic carbocycles. The zero-order valence-electron chi connectivity index (χ0n) is 11.4. The minimum absolute atomic E-state index is 0.208. The summed E-state index contributed by atoms with van der Waals surface area (Å²) < 4.78 is 0. The van der Waals surface area contributed by atoms with Gasteiger partial charge in [0.1, 0.15) is 5.56 Å². The van der Waals surface area contributed by atoms with Gasteiger partial charge in [-0.25, -0.2) is 0 Å². The Morgan fingerprint density at radius 2 is 2.00 bits per heavy atom. The summed E-state index contributed by atoms with van der Waals surface area (Å²) in [5.74, 6) is 0.0435. The van der Waals surface area contributed by atoms with Gasteiger partial charge in [0.25, 0.3) is 11.5 Å². The Labute approximate surface area is 111 Å². The number of aromatic nitrogens is 1. The molecule has 2 rings (SSSR count). The standard InChI is InChI=1S/C15H18N2O2/c1-9(2)8-16-14(18)13-10(3)11-6-4-5-7-12(11)17-15(13)19/h4-7,9H,8H2,1-3H3,(H,16,18)(H,17,19). The van der Waals surface area contributed by atoms with E-state index >= 15 is 0 Å². The van der Waals surface area contributed by atoms with Crippen LogP contribution in [-0.4, -0.2) is 17.4 Å². The second-order valence-electron chi connectivity index (χ2n) is 5.10. The van der Waals surface area contributed by atoms with E-state index in [1.165, 1.54) is 0 Å². The summed E-state index contributed by atoms with van der Waals surface area (Å²) >= 11 is 0.